The Balaban J connectivity index is 0.00000182. The van der Waals surface area contributed by atoms with Crippen LogP contribution in [0.4, 0.5) is 0 Å². The molecule has 6 heteroatoms. The van der Waals surface area contributed by atoms with Crippen molar-refractivity contribution in [1.29, 1.82) is 0 Å². The van der Waals surface area contributed by atoms with Crippen molar-refractivity contribution in [2.24, 2.45) is 0 Å². The zero-order valence-electron chi connectivity index (χ0n) is 14.2. The molecule has 0 atom stereocenters. The first-order chi connectivity index (χ1) is 11.5. The highest BCUT2D eigenvalue weighted by Gasteiger charge is 2.23. The Hall–Kier alpha value is -1.82. The van der Waals surface area contributed by atoms with Crippen LogP contribution in [0.1, 0.15) is 22.3 Å². The monoisotopic (exact) mass is 376 g/mol. The standard InChI is InChI=1S/C19H20N2O2S.ClH/c1-13-8-14(2)10-17(9-13)24(22,23)21-12-16-6-7-20-11-15-4-3-5-18(21)19(15)16;/h3-5,8-10,12,20H,6-7,11H2,1-2H3;1H. The number of aromatic nitrogens is 1. The number of benzene rings is 2. The smallest absolute Gasteiger partial charge is 0.268 e. The fourth-order valence-corrected chi connectivity index (χ4v) is 5.17. The molecule has 0 amide bonds. The van der Waals surface area contributed by atoms with E-state index >= 15 is 0 Å². The van der Waals surface area contributed by atoms with Crippen molar-refractivity contribution in [2.75, 3.05) is 6.54 Å². The van der Waals surface area contributed by atoms with Gasteiger partial charge in [-0.2, -0.15) is 0 Å². The van der Waals surface area contributed by atoms with Crippen LogP contribution in [0.25, 0.3) is 10.9 Å². The molecule has 0 bridgehead atoms. The third-order valence-corrected chi connectivity index (χ3v) is 6.25. The molecule has 25 heavy (non-hydrogen) atoms. The van der Waals surface area contributed by atoms with Gasteiger partial charge in [0.1, 0.15) is 0 Å². The van der Waals surface area contributed by atoms with Gasteiger partial charge in [0.15, 0.2) is 0 Å². The van der Waals surface area contributed by atoms with Gasteiger partial charge in [-0.15, -0.1) is 12.4 Å². The van der Waals surface area contributed by atoms with Crippen molar-refractivity contribution in [3.05, 3.63) is 64.8 Å². The minimum Gasteiger partial charge on any atom is -0.312 e. The summed E-state index contributed by atoms with van der Waals surface area (Å²) in [5.74, 6) is 0. The quantitative estimate of drug-likeness (QED) is 0.744. The second-order valence-corrected chi connectivity index (χ2v) is 8.33. The second kappa shape index (κ2) is 6.48. The molecule has 2 aromatic carbocycles. The van der Waals surface area contributed by atoms with Gasteiger partial charge < -0.3 is 5.32 Å². The van der Waals surface area contributed by atoms with Crippen LogP contribution in [0.2, 0.25) is 0 Å². The lowest BCUT2D eigenvalue weighted by atomic mass is 10.1. The van der Waals surface area contributed by atoms with E-state index in [2.05, 4.69) is 11.4 Å². The number of hydrogen-bond donors (Lipinski definition) is 1. The number of aryl methyl sites for hydroxylation is 2. The topological polar surface area (TPSA) is 51.1 Å². The van der Waals surface area contributed by atoms with E-state index in [1.807, 2.05) is 32.0 Å². The molecule has 1 N–H and O–H groups in total. The lowest BCUT2D eigenvalue weighted by Crippen LogP contribution is -2.15. The summed E-state index contributed by atoms with van der Waals surface area (Å²) in [7, 11) is -3.60. The molecule has 2 heterocycles. The molecule has 0 saturated heterocycles. The Morgan fingerprint density at radius 3 is 2.48 bits per heavy atom. The summed E-state index contributed by atoms with van der Waals surface area (Å²) in [6, 6.07) is 11.4. The predicted octanol–water partition coefficient (Wildman–Crippen LogP) is 3.56. The molecule has 4 nitrogen and oxygen atoms in total. The summed E-state index contributed by atoms with van der Waals surface area (Å²) in [5.41, 5.74) is 4.94. The highest BCUT2D eigenvalue weighted by atomic mass is 35.5. The molecule has 0 radical (unpaired) electrons. The SMILES string of the molecule is Cc1cc(C)cc(S(=O)(=O)n2cc3c4c(cccc42)CNCC3)c1.Cl. The number of halogens is 1. The molecule has 132 valence electrons. The van der Waals surface area contributed by atoms with E-state index in [4.69, 9.17) is 0 Å². The zero-order chi connectivity index (χ0) is 16.9. The van der Waals surface area contributed by atoms with Crippen LogP contribution in [0, 0.1) is 13.8 Å². The molecule has 4 rings (SSSR count). The van der Waals surface area contributed by atoms with Gasteiger partial charge in [0.2, 0.25) is 0 Å². The van der Waals surface area contributed by atoms with E-state index in [9.17, 15) is 8.42 Å². The highest BCUT2D eigenvalue weighted by molar-refractivity contribution is 7.90. The van der Waals surface area contributed by atoms with Crippen LogP contribution < -0.4 is 5.32 Å². The maximum Gasteiger partial charge on any atom is 0.268 e. The number of hydrogen-bond acceptors (Lipinski definition) is 3. The molecule has 3 aromatic rings. The zero-order valence-corrected chi connectivity index (χ0v) is 15.9. The molecule has 1 aliphatic rings. The summed E-state index contributed by atoms with van der Waals surface area (Å²) >= 11 is 0. The van der Waals surface area contributed by atoms with Gasteiger partial charge in [-0.1, -0.05) is 18.2 Å². The van der Waals surface area contributed by atoms with E-state index in [0.717, 1.165) is 52.7 Å². The van der Waals surface area contributed by atoms with Crippen molar-refractivity contribution >= 4 is 33.3 Å². The largest absolute Gasteiger partial charge is 0.312 e. The summed E-state index contributed by atoms with van der Waals surface area (Å²) in [4.78, 5) is 0.351. The first-order valence-corrected chi connectivity index (χ1v) is 9.57. The van der Waals surface area contributed by atoms with Crippen LogP contribution in [0.15, 0.2) is 47.5 Å². The van der Waals surface area contributed by atoms with Crippen molar-refractivity contribution in [1.82, 2.24) is 9.29 Å². The first kappa shape index (κ1) is 18.0. The maximum absolute atomic E-state index is 13.2. The average Bonchev–Trinajstić information content (AvgIpc) is 2.78. The Morgan fingerprint density at radius 2 is 1.76 bits per heavy atom. The normalized spacial score (nSPS) is 14.2. The van der Waals surface area contributed by atoms with E-state index in [-0.39, 0.29) is 12.4 Å². The summed E-state index contributed by atoms with van der Waals surface area (Å²) in [5, 5.41) is 4.47. The third-order valence-electron chi connectivity index (χ3n) is 4.60. The van der Waals surface area contributed by atoms with Crippen molar-refractivity contribution in [2.45, 2.75) is 31.7 Å². The van der Waals surface area contributed by atoms with Crippen molar-refractivity contribution in [3.63, 3.8) is 0 Å². The molecular formula is C19H21ClN2O2S. The lowest BCUT2D eigenvalue weighted by Gasteiger charge is -2.10. The van der Waals surface area contributed by atoms with Crippen molar-refractivity contribution in [3.8, 4) is 0 Å². The van der Waals surface area contributed by atoms with E-state index in [1.54, 1.807) is 18.3 Å². The lowest BCUT2D eigenvalue weighted by molar-refractivity contribution is 0.588. The van der Waals surface area contributed by atoms with Crippen LogP contribution >= 0.6 is 12.4 Å². The molecule has 1 aromatic heterocycles. The number of rotatable bonds is 2. The fraction of sp³-hybridized carbons (Fsp3) is 0.263. The van der Waals surface area contributed by atoms with Crippen LogP contribution in [-0.2, 0) is 23.0 Å². The van der Waals surface area contributed by atoms with Crippen LogP contribution in [0.3, 0.4) is 0 Å². The first-order valence-electron chi connectivity index (χ1n) is 8.13. The summed E-state index contributed by atoms with van der Waals surface area (Å²) in [6.45, 7) is 5.48. The van der Waals surface area contributed by atoms with Gasteiger partial charge in [-0.05, 0) is 67.3 Å². The molecular weight excluding hydrogens is 356 g/mol. The fourth-order valence-electron chi connectivity index (χ4n) is 3.59. The highest BCUT2D eigenvalue weighted by Crippen LogP contribution is 2.30. The van der Waals surface area contributed by atoms with Gasteiger partial charge in [0, 0.05) is 18.1 Å². The summed E-state index contributed by atoms with van der Waals surface area (Å²) < 4.78 is 28.0. The van der Waals surface area contributed by atoms with E-state index in [0.29, 0.717) is 4.90 Å². The van der Waals surface area contributed by atoms with Gasteiger partial charge in [0.25, 0.3) is 10.0 Å². The van der Waals surface area contributed by atoms with E-state index in [1.165, 1.54) is 3.97 Å². The Labute approximate surface area is 154 Å². The van der Waals surface area contributed by atoms with Gasteiger partial charge in [0.05, 0.1) is 10.4 Å². The third kappa shape index (κ3) is 2.97. The average molecular weight is 377 g/mol. The molecule has 0 saturated carbocycles. The minimum absolute atomic E-state index is 0. The van der Waals surface area contributed by atoms with Gasteiger partial charge in [-0.25, -0.2) is 12.4 Å². The Kier molecular flexibility index (Phi) is 4.66. The molecule has 1 aliphatic heterocycles. The van der Waals surface area contributed by atoms with Gasteiger partial charge >= 0.3 is 0 Å². The van der Waals surface area contributed by atoms with Crippen LogP contribution in [-0.4, -0.2) is 18.9 Å². The maximum atomic E-state index is 13.2. The Morgan fingerprint density at radius 1 is 1.04 bits per heavy atom. The Bertz CT molecular complexity index is 1030. The second-order valence-electron chi connectivity index (χ2n) is 6.52. The predicted molar refractivity (Wildman–Crippen MR) is 103 cm³/mol. The molecule has 0 spiro atoms. The molecule has 0 unspecified atom stereocenters. The van der Waals surface area contributed by atoms with Gasteiger partial charge in [-0.3, -0.25) is 0 Å². The van der Waals surface area contributed by atoms with E-state index < -0.39 is 10.0 Å². The summed E-state index contributed by atoms with van der Waals surface area (Å²) in [6.07, 6.45) is 2.64. The number of nitrogens with one attached hydrogen (secondary N) is 1. The van der Waals surface area contributed by atoms with Crippen LogP contribution in [0.5, 0.6) is 0 Å². The number of nitrogens with zero attached hydrogens (tertiary/aromatic N) is 1. The molecule has 0 fully saturated rings. The molecule has 0 aliphatic carbocycles. The minimum atomic E-state index is -3.60. The van der Waals surface area contributed by atoms with Crippen molar-refractivity contribution < 1.29 is 8.42 Å².